The van der Waals surface area contributed by atoms with Crippen molar-refractivity contribution in [2.75, 3.05) is 48.5 Å². The zero-order valence-electron chi connectivity index (χ0n) is 28.6. The molecule has 0 saturated carbocycles. The first kappa shape index (κ1) is 33.0. The summed E-state index contributed by atoms with van der Waals surface area (Å²) in [6.07, 6.45) is 2.62. The van der Waals surface area contributed by atoms with Gasteiger partial charge in [0, 0.05) is 36.3 Å². The molecule has 0 fully saturated rings. The summed E-state index contributed by atoms with van der Waals surface area (Å²) in [5.74, 6) is 3.24. The van der Waals surface area contributed by atoms with E-state index in [2.05, 4.69) is 48.0 Å². The molecule has 49 heavy (non-hydrogen) atoms. The summed E-state index contributed by atoms with van der Waals surface area (Å²) in [4.78, 5) is 16.7. The minimum atomic E-state index is -0.380. The molecule has 0 aromatic heterocycles. The second kappa shape index (κ2) is 13.1. The van der Waals surface area contributed by atoms with E-state index in [1.807, 2.05) is 19.2 Å². The summed E-state index contributed by atoms with van der Waals surface area (Å²) in [5, 5.41) is 13.0. The van der Waals surface area contributed by atoms with Gasteiger partial charge in [0.15, 0.2) is 23.0 Å². The number of fused-ring (bicyclic) bond motifs is 2. The molecule has 8 rings (SSSR count). The minimum Gasteiger partial charge on any atom is -0.493 e. The molecule has 256 valence electrons. The normalized spacial score (nSPS) is 18.8. The number of nitro groups is 1. The van der Waals surface area contributed by atoms with Gasteiger partial charge in [-0.2, -0.15) is 0 Å². The van der Waals surface area contributed by atoms with E-state index in [0.29, 0.717) is 58.0 Å². The predicted octanol–water partition coefficient (Wildman–Crippen LogP) is 8.02. The highest BCUT2D eigenvalue weighted by atomic mass is 35.5. The Balaban J connectivity index is 1.51. The lowest BCUT2D eigenvalue weighted by molar-refractivity contribution is -0.385. The second-order valence-electron chi connectivity index (χ2n) is 13.1. The highest BCUT2D eigenvalue weighted by Gasteiger charge is 2.38. The zero-order valence-corrected chi connectivity index (χ0v) is 29.3. The fraction of sp³-hybridized carbons (Fsp3) is 0.368. The van der Waals surface area contributed by atoms with Crippen LogP contribution >= 0.6 is 11.6 Å². The van der Waals surface area contributed by atoms with Crippen molar-refractivity contribution in [2.24, 2.45) is 0 Å². The van der Waals surface area contributed by atoms with Crippen LogP contribution in [-0.2, 0) is 25.7 Å². The molecule has 0 unspecified atom stereocenters. The molecule has 4 aromatic carbocycles. The molecule has 10 nitrogen and oxygen atoms in total. The van der Waals surface area contributed by atoms with Crippen LogP contribution in [0.4, 0.5) is 5.69 Å². The van der Waals surface area contributed by atoms with E-state index >= 15 is 0 Å². The Bertz CT molecular complexity index is 1950. The van der Waals surface area contributed by atoms with Crippen LogP contribution < -0.4 is 23.7 Å². The number of hydrogen-bond acceptors (Lipinski definition) is 9. The Labute approximate surface area is 291 Å². The molecule has 4 heterocycles. The first-order valence-corrected chi connectivity index (χ1v) is 16.8. The van der Waals surface area contributed by atoms with Gasteiger partial charge in [0.1, 0.15) is 11.5 Å². The quantitative estimate of drug-likeness (QED) is 0.156. The van der Waals surface area contributed by atoms with Crippen molar-refractivity contribution in [3.63, 3.8) is 0 Å². The van der Waals surface area contributed by atoms with E-state index in [1.54, 1.807) is 20.3 Å². The van der Waals surface area contributed by atoms with E-state index in [4.69, 9.17) is 35.3 Å². The SMILES string of the molecule is COc1cc([N+](=O)[O-])c2cc1Oc1ccc(cc1)C[C@H]1c3cc(c(C)cc3CCN1C)Oc1c(OC)c(OC)c(Cl)c3c1[C@H](C2)N(C)CC3. The Morgan fingerprint density at radius 2 is 1.55 bits per heavy atom. The van der Waals surface area contributed by atoms with Crippen LogP contribution in [0.1, 0.15) is 51.0 Å². The van der Waals surface area contributed by atoms with Crippen molar-refractivity contribution in [1.29, 1.82) is 0 Å². The van der Waals surface area contributed by atoms with Gasteiger partial charge in [0.25, 0.3) is 5.69 Å². The van der Waals surface area contributed by atoms with Gasteiger partial charge in [-0.3, -0.25) is 19.9 Å². The van der Waals surface area contributed by atoms with Crippen molar-refractivity contribution in [3.05, 3.63) is 103 Å². The molecule has 6 bridgehead atoms. The lowest BCUT2D eigenvalue weighted by Crippen LogP contribution is -2.34. The van der Waals surface area contributed by atoms with Crippen LogP contribution in [0, 0.1) is 17.0 Å². The van der Waals surface area contributed by atoms with Crippen molar-refractivity contribution in [1.82, 2.24) is 9.80 Å². The first-order valence-electron chi connectivity index (χ1n) is 16.4. The summed E-state index contributed by atoms with van der Waals surface area (Å²) in [6, 6.07) is 15.3. The third kappa shape index (κ3) is 5.81. The highest BCUT2D eigenvalue weighted by molar-refractivity contribution is 6.33. The maximum atomic E-state index is 12.5. The maximum Gasteiger partial charge on any atom is 0.276 e. The topological polar surface area (TPSA) is 95.8 Å². The average molecular weight is 686 g/mol. The number of nitro benzene ring substituents is 1. The van der Waals surface area contributed by atoms with Gasteiger partial charge in [-0.15, -0.1) is 0 Å². The third-order valence-corrected chi connectivity index (χ3v) is 10.7. The molecule has 0 spiro atoms. The van der Waals surface area contributed by atoms with E-state index in [-0.39, 0.29) is 34.9 Å². The largest absolute Gasteiger partial charge is 0.493 e. The Morgan fingerprint density at radius 1 is 0.837 bits per heavy atom. The van der Waals surface area contributed by atoms with Gasteiger partial charge in [-0.1, -0.05) is 29.8 Å². The number of hydrogen-bond donors (Lipinski definition) is 0. The highest BCUT2D eigenvalue weighted by Crippen LogP contribution is 2.55. The zero-order chi connectivity index (χ0) is 34.6. The number of benzene rings is 4. The second-order valence-corrected chi connectivity index (χ2v) is 13.4. The van der Waals surface area contributed by atoms with Gasteiger partial charge in [0.05, 0.1) is 37.3 Å². The molecule has 4 aliphatic rings. The van der Waals surface area contributed by atoms with Crippen LogP contribution in [-0.4, -0.2) is 63.2 Å². The van der Waals surface area contributed by atoms with E-state index in [1.165, 1.54) is 24.3 Å². The van der Waals surface area contributed by atoms with Crippen molar-refractivity contribution in [2.45, 2.75) is 44.7 Å². The monoisotopic (exact) mass is 685 g/mol. The van der Waals surface area contributed by atoms with Crippen molar-refractivity contribution in [3.8, 4) is 40.2 Å². The lowest BCUT2D eigenvalue weighted by Gasteiger charge is -2.38. The molecular formula is C38H40ClN3O7. The fourth-order valence-corrected chi connectivity index (χ4v) is 7.95. The predicted molar refractivity (Wildman–Crippen MR) is 188 cm³/mol. The van der Waals surface area contributed by atoms with Crippen molar-refractivity contribution < 1.29 is 28.6 Å². The molecule has 0 aliphatic carbocycles. The Morgan fingerprint density at radius 3 is 2.24 bits per heavy atom. The molecule has 4 aliphatic heterocycles. The maximum absolute atomic E-state index is 12.5. The number of aryl methyl sites for hydroxylation is 1. The molecule has 4 aromatic rings. The van der Waals surface area contributed by atoms with Gasteiger partial charge in [-0.05, 0) is 98.8 Å². The summed E-state index contributed by atoms with van der Waals surface area (Å²) in [5.41, 5.74) is 6.77. The molecule has 11 heteroatoms. The summed E-state index contributed by atoms with van der Waals surface area (Å²) in [6.45, 7) is 3.67. The molecule has 0 saturated heterocycles. The lowest BCUT2D eigenvalue weighted by atomic mass is 9.86. The molecule has 0 N–H and O–H groups in total. The standard InChI is InChI=1S/C38H40ClN3O7/c1-21-15-23-11-13-40(2)29-16-22-7-9-25(10-8-22)48-33-18-24(28(42(43)44)20-32(33)45-4)17-30-34-26(12-14-41(30)3)35(39)37(46-5)38(47-6)36(34)49-31(21)19-27(23)29/h7-10,15,18-20,29-30H,11-14,16-17H2,1-6H3/t29-,30-/m0/s1. The van der Waals surface area contributed by atoms with Gasteiger partial charge < -0.3 is 23.7 Å². The number of halogens is 1. The summed E-state index contributed by atoms with van der Waals surface area (Å²) in [7, 11) is 8.79. The van der Waals surface area contributed by atoms with Crippen LogP contribution in [0.25, 0.3) is 0 Å². The van der Waals surface area contributed by atoms with Crippen LogP contribution in [0.2, 0.25) is 5.02 Å². The number of nitrogens with zero attached hydrogens (tertiary/aromatic N) is 3. The van der Waals surface area contributed by atoms with E-state index in [9.17, 15) is 10.1 Å². The number of ether oxygens (including phenoxy) is 5. The van der Waals surface area contributed by atoms with Crippen molar-refractivity contribution >= 4 is 17.3 Å². The van der Waals surface area contributed by atoms with Gasteiger partial charge in [0.2, 0.25) is 5.75 Å². The van der Waals surface area contributed by atoms with Crippen LogP contribution in [0.5, 0.6) is 40.2 Å². The molecule has 0 amide bonds. The first-order chi connectivity index (χ1) is 23.6. The minimum absolute atomic E-state index is 0.0655. The van der Waals surface area contributed by atoms with Crippen LogP contribution in [0.3, 0.4) is 0 Å². The van der Waals surface area contributed by atoms with E-state index < -0.39 is 0 Å². The molecule has 2 atom stereocenters. The molecular weight excluding hydrogens is 646 g/mol. The third-order valence-electron chi connectivity index (χ3n) is 10.3. The summed E-state index contributed by atoms with van der Waals surface area (Å²) < 4.78 is 30.8. The summed E-state index contributed by atoms with van der Waals surface area (Å²) >= 11 is 7.08. The van der Waals surface area contributed by atoms with Gasteiger partial charge >= 0.3 is 0 Å². The molecule has 0 radical (unpaired) electrons. The number of rotatable bonds is 4. The van der Waals surface area contributed by atoms with Crippen LogP contribution in [0.15, 0.2) is 48.5 Å². The number of methoxy groups -OCH3 is 3. The van der Waals surface area contributed by atoms with Gasteiger partial charge in [-0.25, -0.2) is 0 Å². The number of likely N-dealkylation sites (N-methyl/N-ethyl adjacent to an activating group) is 2. The fourth-order valence-electron chi connectivity index (χ4n) is 7.59. The average Bonchev–Trinajstić information content (AvgIpc) is 3.08. The van der Waals surface area contributed by atoms with E-state index in [0.717, 1.165) is 41.6 Å². The Hall–Kier alpha value is -4.51. The Kier molecular flexibility index (Phi) is 8.81. The smallest absolute Gasteiger partial charge is 0.276 e.